The van der Waals surface area contributed by atoms with Crippen molar-refractivity contribution in [2.45, 2.75) is 18.4 Å². The first-order valence-corrected chi connectivity index (χ1v) is 10.8. The summed E-state index contributed by atoms with van der Waals surface area (Å²) in [6.45, 7) is 1.67. The van der Waals surface area contributed by atoms with Crippen molar-refractivity contribution >= 4 is 23.2 Å². The van der Waals surface area contributed by atoms with Crippen molar-refractivity contribution in [2.75, 3.05) is 4.90 Å². The Morgan fingerprint density at radius 1 is 0.853 bits per heavy atom. The predicted molar refractivity (Wildman–Crippen MR) is 120 cm³/mol. The van der Waals surface area contributed by atoms with Crippen LogP contribution in [0.1, 0.15) is 33.7 Å². The maximum atomic E-state index is 13.9. The van der Waals surface area contributed by atoms with Gasteiger partial charge in [0.1, 0.15) is 11.6 Å². The summed E-state index contributed by atoms with van der Waals surface area (Å²) < 4.78 is 0. The number of carbonyl (C=O) groups excluding carboxylic acids is 2. The highest BCUT2D eigenvalue weighted by molar-refractivity contribution is 6.24. The minimum absolute atomic E-state index is 0.161. The Labute approximate surface area is 192 Å². The molecule has 7 rings (SSSR count). The Hall–Kier alpha value is -4.40. The van der Waals surface area contributed by atoms with Gasteiger partial charge in [-0.25, -0.2) is 4.90 Å². The van der Waals surface area contributed by atoms with Crippen LogP contribution in [0.3, 0.4) is 0 Å². The molecule has 3 aromatic carbocycles. The fourth-order valence-electron chi connectivity index (χ4n) is 6.25. The summed E-state index contributed by atoms with van der Waals surface area (Å²) >= 11 is 0. The van der Waals surface area contributed by atoms with Crippen LogP contribution in [-0.4, -0.2) is 21.7 Å². The molecular formula is C25H17N3O6. The molecule has 1 saturated heterocycles. The molecule has 1 heterocycles. The lowest BCUT2D eigenvalue weighted by atomic mass is 9.51. The molecule has 34 heavy (non-hydrogen) atoms. The zero-order valence-corrected chi connectivity index (χ0v) is 17.9. The van der Waals surface area contributed by atoms with E-state index in [0.717, 1.165) is 4.90 Å². The first kappa shape index (κ1) is 20.2. The van der Waals surface area contributed by atoms with Crippen LogP contribution in [0.15, 0.2) is 66.7 Å². The number of nitro groups is 2. The second kappa shape index (κ2) is 6.57. The van der Waals surface area contributed by atoms with Gasteiger partial charge >= 0.3 is 0 Å². The maximum absolute atomic E-state index is 13.9. The molecule has 1 fully saturated rings. The number of amides is 2. The topological polar surface area (TPSA) is 124 Å². The van der Waals surface area contributed by atoms with Crippen LogP contribution in [-0.2, 0) is 15.1 Å². The van der Waals surface area contributed by atoms with Gasteiger partial charge in [0.25, 0.3) is 11.2 Å². The van der Waals surface area contributed by atoms with Crippen molar-refractivity contribution in [2.24, 2.45) is 11.8 Å². The third kappa shape index (κ3) is 2.18. The Balaban J connectivity index is 1.66. The molecule has 0 spiro atoms. The summed E-state index contributed by atoms with van der Waals surface area (Å²) in [5.41, 5.74) is 0.143. The quantitative estimate of drug-likeness (QED) is 0.337. The van der Waals surface area contributed by atoms with Gasteiger partial charge in [-0.05, 0) is 29.7 Å². The molecule has 9 nitrogen and oxygen atoms in total. The van der Waals surface area contributed by atoms with Crippen molar-refractivity contribution < 1.29 is 19.4 Å². The number of imide groups is 1. The molecule has 1 aliphatic heterocycles. The van der Waals surface area contributed by atoms with E-state index < -0.39 is 50.6 Å². The highest BCUT2D eigenvalue weighted by Crippen LogP contribution is 2.64. The second-order valence-corrected chi connectivity index (χ2v) is 8.94. The van der Waals surface area contributed by atoms with Crippen LogP contribution in [0, 0.1) is 39.0 Å². The van der Waals surface area contributed by atoms with Crippen molar-refractivity contribution in [3.8, 4) is 0 Å². The lowest BCUT2D eigenvalue weighted by molar-refractivity contribution is -0.578. The molecule has 0 radical (unpaired) electrons. The smallest absolute Gasteiger partial charge is 0.274 e. The van der Waals surface area contributed by atoms with E-state index in [2.05, 4.69) is 0 Å². The van der Waals surface area contributed by atoms with Gasteiger partial charge in [0.15, 0.2) is 0 Å². The van der Waals surface area contributed by atoms with Gasteiger partial charge in [0.05, 0.1) is 10.8 Å². The molecular weight excluding hydrogens is 438 g/mol. The molecule has 2 bridgehead atoms. The zero-order valence-electron chi connectivity index (χ0n) is 17.9. The molecule has 0 saturated carbocycles. The van der Waals surface area contributed by atoms with E-state index in [9.17, 15) is 29.8 Å². The van der Waals surface area contributed by atoms with Gasteiger partial charge in [0.2, 0.25) is 11.8 Å². The van der Waals surface area contributed by atoms with Crippen molar-refractivity contribution in [1.29, 1.82) is 0 Å². The standard InChI is InChI=1S/C25H17N3O6/c1-13-10-11-18(19(12-13)27(31)32)26-23(29)21-20-14-6-2-4-8-16(14)25(28(33)34,22(21)24(26)30)17-9-5-3-7-15(17)20/h2-12,20-22H,1H3/t20?,21-,22+,25?/m0/s1. The fraction of sp³-hybridized carbons (Fsp3) is 0.200. The Morgan fingerprint density at radius 2 is 1.44 bits per heavy atom. The van der Waals surface area contributed by atoms with Gasteiger partial charge in [-0.1, -0.05) is 54.6 Å². The summed E-state index contributed by atoms with van der Waals surface area (Å²) in [6.07, 6.45) is 0. The molecule has 3 aromatic rings. The van der Waals surface area contributed by atoms with Crippen LogP contribution >= 0.6 is 0 Å². The molecule has 0 unspecified atom stereocenters. The SMILES string of the molecule is Cc1ccc(N2C(=O)[C@H]3C4c5ccccc5C([N+](=O)[O-])(c5ccccc54)[C@H]3C2=O)c([N+](=O)[O-])c1. The average Bonchev–Trinajstić information content (AvgIpc) is 3.09. The molecule has 4 aliphatic rings. The van der Waals surface area contributed by atoms with Crippen LogP contribution in [0.25, 0.3) is 0 Å². The van der Waals surface area contributed by atoms with Gasteiger partial charge in [-0.3, -0.25) is 29.8 Å². The summed E-state index contributed by atoms with van der Waals surface area (Å²) in [6, 6.07) is 17.9. The average molecular weight is 455 g/mol. The third-order valence-corrected chi connectivity index (χ3v) is 7.43. The van der Waals surface area contributed by atoms with E-state index in [0.29, 0.717) is 27.8 Å². The lowest BCUT2D eigenvalue weighted by Gasteiger charge is -2.48. The number of rotatable bonds is 3. The van der Waals surface area contributed by atoms with Crippen LogP contribution in [0.4, 0.5) is 11.4 Å². The summed E-state index contributed by atoms with van der Waals surface area (Å²) in [4.78, 5) is 52.2. The largest absolute Gasteiger partial charge is 0.293 e. The van der Waals surface area contributed by atoms with Crippen LogP contribution in [0.5, 0.6) is 0 Å². The minimum Gasteiger partial charge on any atom is -0.274 e. The lowest BCUT2D eigenvalue weighted by Crippen LogP contribution is -2.57. The number of hydrogen-bond donors (Lipinski definition) is 0. The number of benzene rings is 3. The molecule has 2 atom stereocenters. The van der Waals surface area contributed by atoms with E-state index in [1.165, 1.54) is 12.1 Å². The molecule has 9 heteroatoms. The van der Waals surface area contributed by atoms with Gasteiger partial charge in [-0.15, -0.1) is 0 Å². The molecule has 2 amide bonds. The third-order valence-electron chi connectivity index (χ3n) is 7.43. The van der Waals surface area contributed by atoms with E-state index in [1.54, 1.807) is 61.5 Å². The first-order valence-electron chi connectivity index (χ1n) is 10.8. The highest BCUT2D eigenvalue weighted by atomic mass is 16.6. The first-order chi connectivity index (χ1) is 16.3. The van der Waals surface area contributed by atoms with Gasteiger partial charge in [-0.2, -0.15) is 0 Å². The number of hydrogen-bond acceptors (Lipinski definition) is 6. The van der Waals surface area contributed by atoms with E-state index in [1.807, 2.05) is 0 Å². The monoisotopic (exact) mass is 455 g/mol. The Morgan fingerprint density at radius 3 is 2.00 bits per heavy atom. The van der Waals surface area contributed by atoms with Crippen LogP contribution < -0.4 is 4.90 Å². The molecule has 168 valence electrons. The molecule has 0 aromatic heterocycles. The van der Waals surface area contributed by atoms with Crippen molar-refractivity contribution in [3.63, 3.8) is 0 Å². The van der Waals surface area contributed by atoms with Gasteiger partial charge < -0.3 is 0 Å². The zero-order chi connectivity index (χ0) is 23.9. The van der Waals surface area contributed by atoms with E-state index in [-0.39, 0.29) is 5.69 Å². The van der Waals surface area contributed by atoms with E-state index >= 15 is 0 Å². The van der Waals surface area contributed by atoms with E-state index in [4.69, 9.17) is 0 Å². The number of aryl methyl sites for hydroxylation is 1. The van der Waals surface area contributed by atoms with Gasteiger partial charge in [0, 0.05) is 28.0 Å². The number of nitro benzene ring substituents is 1. The number of anilines is 1. The highest BCUT2D eigenvalue weighted by Gasteiger charge is 2.75. The normalized spacial score (nSPS) is 26.1. The number of nitrogens with zero attached hydrogens (tertiary/aromatic N) is 3. The fourth-order valence-corrected chi connectivity index (χ4v) is 6.25. The predicted octanol–water partition coefficient (Wildman–Crippen LogP) is 3.69. The Kier molecular flexibility index (Phi) is 3.91. The van der Waals surface area contributed by atoms with Crippen molar-refractivity contribution in [1.82, 2.24) is 0 Å². The maximum Gasteiger partial charge on any atom is 0.293 e. The molecule has 3 aliphatic carbocycles. The van der Waals surface area contributed by atoms with Crippen LogP contribution in [0.2, 0.25) is 0 Å². The summed E-state index contributed by atoms with van der Waals surface area (Å²) in [7, 11) is 0. The number of carbonyl (C=O) groups is 2. The summed E-state index contributed by atoms with van der Waals surface area (Å²) in [5.74, 6) is -4.35. The molecule has 0 N–H and O–H groups in total. The summed E-state index contributed by atoms with van der Waals surface area (Å²) in [5, 5.41) is 24.7. The minimum atomic E-state index is -1.96. The second-order valence-electron chi connectivity index (χ2n) is 8.94. The van der Waals surface area contributed by atoms with Crippen molar-refractivity contribution in [3.05, 3.63) is 115 Å². The Bertz CT molecular complexity index is 1420.